The molecule has 4 rings (SSSR count). The van der Waals surface area contributed by atoms with Crippen LogP contribution in [0.15, 0.2) is 24.3 Å². The molecule has 2 bridgehead atoms. The Balaban J connectivity index is 1.32. The number of imidazole rings is 1. The lowest BCUT2D eigenvalue weighted by Crippen LogP contribution is -2.44. The summed E-state index contributed by atoms with van der Waals surface area (Å²) in [5.74, 6) is 2.69. The van der Waals surface area contributed by atoms with Gasteiger partial charge in [0, 0.05) is 6.04 Å². The van der Waals surface area contributed by atoms with Gasteiger partial charge in [0.2, 0.25) is 0 Å². The Labute approximate surface area is 129 Å². The third-order valence-corrected chi connectivity index (χ3v) is 5.17. The van der Waals surface area contributed by atoms with Gasteiger partial charge in [0.25, 0.3) is 0 Å². The fourth-order valence-corrected chi connectivity index (χ4v) is 4.12. The summed E-state index contributed by atoms with van der Waals surface area (Å²) in [4.78, 5) is 7.86. The minimum Gasteiger partial charge on any atom is -0.360 e. The molecule has 2 fully saturated rings. The van der Waals surface area contributed by atoms with Gasteiger partial charge in [-0.05, 0) is 55.4 Å². The Bertz CT molecular complexity index is 632. The van der Waals surface area contributed by atoms with Crippen molar-refractivity contribution >= 4 is 28.4 Å². The third kappa shape index (κ3) is 2.62. The summed E-state index contributed by atoms with van der Waals surface area (Å²) in [5, 5.41) is 7.52. The van der Waals surface area contributed by atoms with Gasteiger partial charge < -0.3 is 15.6 Å². The highest BCUT2D eigenvalue weighted by atomic mass is 32.1. The normalized spacial score (nSPS) is 27.1. The van der Waals surface area contributed by atoms with Crippen molar-refractivity contribution in [3.05, 3.63) is 30.1 Å². The van der Waals surface area contributed by atoms with E-state index in [1.54, 1.807) is 0 Å². The Kier molecular flexibility index (Phi) is 3.30. The largest absolute Gasteiger partial charge is 0.360 e. The second kappa shape index (κ2) is 5.30. The van der Waals surface area contributed by atoms with E-state index in [-0.39, 0.29) is 0 Å². The highest BCUT2D eigenvalue weighted by Crippen LogP contribution is 2.44. The average molecular weight is 300 g/mol. The van der Waals surface area contributed by atoms with Crippen molar-refractivity contribution in [3.8, 4) is 0 Å². The zero-order chi connectivity index (χ0) is 14.2. The first-order valence-corrected chi connectivity index (χ1v) is 8.17. The van der Waals surface area contributed by atoms with Crippen molar-refractivity contribution in [1.82, 2.24) is 20.6 Å². The van der Waals surface area contributed by atoms with Gasteiger partial charge in [0.1, 0.15) is 5.82 Å². The van der Waals surface area contributed by atoms with Crippen LogP contribution in [0.4, 0.5) is 0 Å². The molecule has 2 aromatic rings. The first kappa shape index (κ1) is 13.1. The molecule has 0 amide bonds. The maximum absolute atomic E-state index is 5.42. The fraction of sp³-hybridized carbons (Fsp3) is 0.500. The number of H-pyrrole nitrogens is 1. The van der Waals surface area contributed by atoms with Gasteiger partial charge >= 0.3 is 0 Å². The van der Waals surface area contributed by atoms with E-state index in [1.807, 2.05) is 24.3 Å². The van der Waals surface area contributed by atoms with Crippen LogP contribution in [0.5, 0.6) is 0 Å². The highest BCUT2D eigenvalue weighted by Gasteiger charge is 2.39. The number of nitrogens with zero attached hydrogens (tertiary/aromatic N) is 1. The standard InChI is InChI=1S/C16H20N4S/c21-16(20-14-8-10-5-6-11(14)7-10)17-9-15-18-12-3-1-2-4-13(12)19-15/h1-4,10-11,14H,5-9H2,(H,18,19)(H2,17,20,21)/t10-,11+,14-/m0/s1. The van der Waals surface area contributed by atoms with Gasteiger partial charge in [-0.15, -0.1) is 0 Å². The van der Waals surface area contributed by atoms with E-state index in [4.69, 9.17) is 12.2 Å². The van der Waals surface area contributed by atoms with Gasteiger partial charge in [-0.1, -0.05) is 18.6 Å². The van der Waals surface area contributed by atoms with Crippen LogP contribution in [0.2, 0.25) is 0 Å². The minimum absolute atomic E-state index is 0.583. The molecule has 1 aromatic heterocycles. The van der Waals surface area contributed by atoms with Crippen molar-refractivity contribution in [2.24, 2.45) is 11.8 Å². The van der Waals surface area contributed by atoms with E-state index in [0.717, 1.165) is 33.8 Å². The molecule has 3 N–H and O–H groups in total. The van der Waals surface area contributed by atoms with Crippen molar-refractivity contribution in [1.29, 1.82) is 0 Å². The van der Waals surface area contributed by atoms with Crippen LogP contribution >= 0.6 is 12.2 Å². The number of hydrogen-bond donors (Lipinski definition) is 3. The van der Waals surface area contributed by atoms with E-state index in [0.29, 0.717) is 12.6 Å². The molecule has 110 valence electrons. The van der Waals surface area contributed by atoms with Crippen LogP contribution in [-0.2, 0) is 6.54 Å². The van der Waals surface area contributed by atoms with Crippen LogP contribution in [0.1, 0.15) is 31.5 Å². The third-order valence-electron chi connectivity index (χ3n) is 4.91. The topological polar surface area (TPSA) is 52.7 Å². The lowest BCUT2D eigenvalue weighted by Gasteiger charge is -2.24. The number of para-hydroxylation sites is 2. The molecule has 2 aliphatic rings. The van der Waals surface area contributed by atoms with E-state index >= 15 is 0 Å². The number of rotatable bonds is 3. The molecule has 1 aromatic carbocycles. The molecule has 0 saturated heterocycles. The molecule has 0 spiro atoms. The van der Waals surface area contributed by atoms with Crippen LogP contribution in [0, 0.1) is 11.8 Å². The zero-order valence-corrected chi connectivity index (χ0v) is 12.7. The Morgan fingerprint density at radius 1 is 1.29 bits per heavy atom. The summed E-state index contributed by atoms with van der Waals surface area (Å²) in [6.07, 6.45) is 5.47. The lowest BCUT2D eigenvalue weighted by molar-refractivity contribution is 0.389. The number of aromatic amines is 1. The van der Waals surface area contributed by atoms with E-state index in [9.17, 15) is 0 Å². The van der Waals surface area contributed by atoms with Crippen molar-refractivity contribution < 1.29 is 0 Å². The molecule has 21 heavy (non-hydrogen) atoms. The van der Waals surface area contributed by atoms with Crippen LogP contribution in [0.3, 0.4) is 0 Å². The molecular weight excluding hydrogens is 280 g/mol. The van der Waals surface area contributed by atoms with Gasteiger partial charge in [0.05, 0.1) is 17.6 Å². The minimum atomic E-state index is 0.583. The molecule has 0 aliphatic heterocycles. The molecule has 1 heterocycles. The molecule has 0 radical (unpaired) electrons. The maximum atomic E-state index is 5.42. The number of hydrogen-bond acceptors (Lipinski definition) is 2. The average Bonchev–Trinajstić information content (AvgIpc) is 3.19. The van der Waals surface area contributed by atoms with Crippen molar-refractivity contribution in [3.63, 3.8) is 0 Å². The molecule has 2 aliphatic carbocycles. The maximum Gasteiger partial charge on any atom is 0.166 e. The van der Waals surface area contributed by atoms with Gasteiger partial charge in [-0.25, -0.2) is 4.98 Å². The first-order valence-electron chi connectivity index (χ1n) is 7.76. The Morgan fingerprint density at radius 3 is 2.95 bits per heavy atom. The Hall–Kier alpha value is -1.62. The second-order valence-electron chi connectivity index (χ2n) is 6.31. The van der Waals surface area contributed by atoms with Crippen LogP contribution in [-0.4, -0.2) is 21.1 Å². The van der Waals surface area contributed by atoms with Crippen LogP contribution in [0.25, 0.3) is 11.0 Å². The molecule has 2 saturated carbocycles. The van der Waals surface area contributed by atoms with E-state index < -0.39 is 0 Å². The van der Waals surface area contributed by atoms with E-state index in [1.165, 1.54) is 25.7 Å². The molecular formula is C16H20N4S. The smallest absolute Gasteiger partial charge is 0.166 e. The molecule has 0 unspecified atom stereocenters. The summed E-state index contributed by atoms with van der Waals surface area (Å²) >= 11 is 5.42. The monoisotopic (exact) mass is 300 g/mol. The summed E-state index contributed by atoms with van der Waals surface area (Å²) in [6, 6.07) is 8.65. The van der Waals surface area contributed by atoms with Crippen LogP contribution < -0.4 is 10.6 Å². The number of benzene rings is 1. The summed E-state index contributed by atoms with van der Waals surface area (Å²) < 4.78 is 0. The van der Waals surface area contributed by atoms with Gasteiger partial charge in [-0.2, -0.15) is 0 Å². The number of aromatic nitrogens is 2. The van der Waals surface area contributed by atoms with Crippen molar-refractivity contribution in [2.75, 3.05) is 0 Å². The van der Waals surface area contributed by atoms with Gasteiger partial charge in [-0.3, -0.25) is 0 Å². The molecule has 5 heteroatoms. The Morgan fingerprint density at radius 2 is 2.19 bits per heavy atom. The zero-order valence-electron chi connectivity index (χ0n) is 11.9. The van der Waals surface area contributed by atoms with Gasteiger partial charge in [0.15, 0.2) is 5.11 Å². The van der Waals surface area contributed by atoms with Crippen molar-refractivity contribution in [2.45, 2.75) is 38.3 Å². The predicted molar refractivity (Wildman–Crippen MR) is 87.9 cm³/mol. The predicted octanol–water partition coefficient (Wildman–Crippen LogP) is 2.72. The second-order valence-corrected chi connectivity index (χ2v) is 6.72. The quantitative estimate of drug-likeness (QED) is 0.763. The van der Waals surface area contributed by atoms with E-state index in [2.05, 4.69) is 20.6 Å². The fourth-order valence-electron chi connectivity index (χ4n) is 3.89. The highest BCUT2D eigenvalue weighted by molar-refractivity contribution is 7.80. The number of thiocarbonyl (C=S) groups is 1. The lowest BCUT2D eigenvalue weighted by atomic mass is 9.96. The summed E-state index contributed by atoms with van der Waals surface area (Å²) in [6.45, 7) is 0.640. The first-order chi connectivity index (χ1) is 10.3. The summed E-state index contributed by atoms with van der Waals surface area (Å²) in [7, 11) is 0. The SMILES string of the molecule is S=C(NCc1nc2ccccc2[nH]1)N[C@H]1C[C@H]2CC[C@@H]1C2. The molecule has 3 atom stereocenters. The molecule has 4 nitrogen and oxygen atoms in total. The summed E-state index contributed by atoms with van der Waals surface area (Å²) in [5.41, 5.74) is 2.07. The number of nitrogens with one attached hydrogen (secondary N) is 3. The number of fused-ring (bicyclic) bond motifs is 3.